The van der Waals surface area contributed by atoms with Crippen molar-refractivity contribution in [3.63, 3.8) is 0 Å². The highest BCUT2D eigenvalue weighted by atomic mass is 19.3. The predicted molar refractivity (Wildman–Crippen MR) is 84.6 cm³/mol. The number of hydrogen-bond acceptors (Lipinski definition) is 4. The fraction of sp³-hybridized carbons (Fsp3) is 0.882. The minimum atomic E-state index is -4.39. The Hall–Kier alpha value is -1.34. The number of esters is 2. The van der Waals surface area contributed by atoms with Gasteiger partial charge in [-0.15, -0.1) is 0 Å². The van der Waals surface area contributed by atoms with Crippen LogP contribution in [0.15, 0.2) is 0 Å². The van der Waals surface area contributed by atoms with E-state index >= 15 is 0 Å². The zero-order valence-electron chi connectivity index (χ0n) is 15.5. The summed E-state index contributed by atoms with van der Waals surface area (Å²) in [5.74, 6) is -5.93. The predicted octanol–water partition coefficient (Wildman–Crippen LogP) is 4.61. The molecule has 0 aliphatic carbocycles. The van der Waals surface area contributed by atoms with Crippen molar-refractivity contribution in [2.24, 2.45) is 10.8 Å². The second-order valence-corrected chi connectivity index (χ2v) is 7.58. The maximum atomic E-state index is 12.8. The molecule has 1 unspecified atom stereocenters. The third-order valence-electron chi connectivity index (χ3n) is 3.98. The lowest BCUT2D eigenvalue weighted by Gasteiger charge is -2.26. The van der Waals surface area contributed by atoms with E-state index < -0.39 is 36.3 Å². The van der Waals surface area contributed by atoms with E-state index in [4.69, 9.17) is 4.74 Å². The van der Waals surface area contributed by atoms with Crippen LogP contribution >= 0.6 is 0 Å². The van der Waals surface area contributed by atoms with Gasteiger partial charge in [-0.25, -0.2) is 8.78 Å². The Morgan fingerprint density at radius 2 is 1.56 bits per heavy atom. The maximum absolute atomic E-state index is 12.8. The number of rotatable bonds is 10. The van der Waals surface area contributed by atoms with Crippen molar-refractivity contribution in [1.82, 2.24) is 0 Å². The van der Waals surface area contributed by atoms with Gasteiger partial charge in [0, 0.05) is 6.42 Å². The smallest absolute Gasteiger partial charge is 0.340 e. The number of ether oxygens (including phenoxy) is 2. The summed E-state index contributed by atoms with van der Waals surface area (Å²) in [6.45, 7) is 7.63. The zero-order chi connectivity index (χ0) is 19.9. The molecule has 0 heterocycles. The van der Waals surface area contributed by atoms with E-state index in [-0.39, 0.29) is 31.3 Å². The average molecular weight is 372 g/mol. The van der Waals surface area contributed by atoms with Crippen LogP contribution < -0.4 is 0 Å². The van der Waals surface area contributed by atoms with E-state index in [1.165, 1.54) is 6.92 Å². The summed E-state index contributed by atoms with van der Waals surface area (Å²) >= 11 is 0. The molecule has 0 aromatic rings. The van der Waals surface area contributed by atoms with Gasteiger partial charge < -0.3 is 9.47 Å². The fourth-order valence-electron chi connectivity index (χ4n) is 1.74. The molecule has 0 N–H and O–H groups in total. The first kappa shape index (κ1) is 23.7. The molecule has 25 heavy (non-hydrogen) atoms. The molecule has 8 heteroatoms. The van der Waals surface area contributed by atoms with Crippen molar-refractivity contribution in [3.05, 3.63) is 0 Å². The van der Waals surface area contributed by atoms with E-state index in [0.717, 1.165) is 0 Å². The van der Waals surface area contributed by atoms with Crippen molar-refractivity contribution >= 4 is 11.9 Å². The van der Waals surface area contributed by atoms with Crippen molar-refractivity contribution in [2.75, 3.05) is 13.2 Å². The SMILES string of the molecule is CCC(C)(CCC(=O)OCCC(C)(C)C)C(=O)OCC(F)(F)C(F)F. The normalized spacial score (nSPS) is 15.0. The van der Waals surface area contributed by atoms with Gasteiger partial charge in [-0.05, 0) is 31.6 Å². The van der Waals surface area contributed by atoms with Crippen LogP contribution in [0, 0.1) is 10.8 Å². The Morgan fingerprint density at radius 3 is 2.00 bits per heavy atom. The van der Waals surface area contributed by atoms with Crippen LogP contribution in [0.1, 0.15) is 60.3 Å². The molecule has 1 atom stereocenters. The van der Waals surface area contributed by atoms with Crippen LogP contribution in [-0.2, 0) is 19.1 Å². The van der Waals surface area contributed by atoms with Crippen LogP contribution in [0.2, 0.25) is 0 Å². The fourth-order valence-corrected chi connectivity index (χ4v) is 1.74. The Morgan fingerprint density at radius 1 is 1.00 bits per heavy atom. The standard InChI is InChI=1S/C17H28F4O4/c1-6-16(5,14(23)25-11-17(20,21)13(18)19)8-7-12(22)24-10-9-15(2,3)4/h13H,6-11H2,1-5H3. The lowest BCUT2D eigenvalue weighted by molar-refractivity contribution is -0.187. The van der Waals surface area contributed by atoms with Crippen molar-refractivity contribution < 1.29 is 36.6 Å². The van der Waals surface area contributed by atoms with Crippen molar-refractivity contribution in [2.45, 2.75) is 72.6 Å². The molecule has 0 bridgehead atoms. The van der Waals surface area contributed by atoms with Gasteiger partial charge in [-0.1, -0.05) is 27.7 Å². The molecule has 0 rings (SSSR count). The molecular weight excluding hydrogens is 344 g/mol. The lowest BCUT2D eigenvalue weighted by atomic mass is 9.83. The quantitative estimate of drug-likeness (QED) is 0.415. The van der Waals surface area contributed by atoms with Crippen molar-refractivity contribution in [3.8, 4) is 0 Å². The van der Waals surface area contributed by atoms with Gasteiger partial charge in [-0.3, -0.25) is 9.59 Å². The van der Waals surface area contributed by atoms with Crippen LogP contribution in [0.3, 0.4) is 0 Å². The summed E-state index contributed by atoms with van der Waals surface area (Å²) in [4.78, 5) is 23.7. The van der Waals surface area contributed by atoms with E-state index in [1.54, 1.807) is 6.92 Å². The van der Waals surface area contributed by atoms with Gasteiger partial charge >= 0.3 is 24.3 Å². The molecule has 0 spiro atoms. The van der Waals surface area contributed by atoms with Gasteiger partial charge in [0.15, 0.2) is 6.61 Å². The molecule has 0 fully saturated rings. The monoisotopic (exact) mass is 372 g/mol. The van der Waals surface area contributed by atoms with Gasteiger partial charge in [0.2, 0.25) is 0 Å². The summed E-state index contributed by atoms with van der Waals surface area (Å²) in [6.07, 6.45) is -3.09. The van der Waals surface area contributed by atoms with E-state index in [9.17, 15) is 27.2 Å². The van der Waals surface area contributed by atoms with Crippen LogP contribution in [0.25, 0.3) is 0 Å². The van der Waals surface area contributed by atoms with Gasteiger partial charge in [0.05, 0.1) is 12.0 Å². The molecule has 0 aromatic carbocycles. The number of hydrogen-bond donors (Lipinski definition) is 0. The lowest BCUT2D eigenvalue weighted by Crippen LogP contribution is -2.37. The summed E-state index contributed by atoms with van der Waals surface area (Å²) in [6, 6.07) is 0. The molecule has 0 aromatic heterocycles. The average Bonchev–Trinajstić information content (AvgIpc) is 2.48. The highest BCUT2D eigenvalue weighted by Crippen LogP contribution is 2.31. The Kier molecular flexibility index (Phi) is 8.88. The summed E-state index contributed by atoms with van der Waals surface area (Å²) in [7, 11) is 0. The summed E-state index contributed by atoms with van der Waals surface area (Å²) in [5.41, 5.74) is -1.21. The van der Waals surface area contributed by atoms with Crippen LogP contribution in [-0.4, -0.2) is 37.5 Å². The number of halogens is 4. The molecule has 0 saturated carbocycles. The topological polar surface area (TPSA) is 52.6 Å². The summed E-state index contributed by atoms with van der Waals surface area (Å²) in [5, 5.41) is 0. The third kappa shape index (κ3) is 9.07. The molecule has 148 valence electrons. The number of carbonyl (C=O) groups is 2. The maximum Gasteiger partial charge on any atom is 0.340 e. The highest BCUT2D eigenvalue weighted by Gasteiger charge is 2.44. The van der Waals surface area contributed by atoms with Crippen LogP contribution in [0.5, 0.6) is 0 Å². The molecule has 0 radical (unpaired) electrons. The second-order valence-electron chi connectivity index (χ2n) is 7.58. The van der Waals surface area contributed by atoms with Gasteiger partial charge in [0.25, 0.3) is 0 Å². The molecule has 0 saturated heterocycles. The first-order chi connectivity index (χ1) is 11.2. The van der Waals surface area contributed by atoms with E-state index in [2.05, 4.69) is 4.74 Å². The minimum Gasteiger partial charge on any atom is -0.466 e. The number of carbonyl (C=O) groups excluding carboxylic acids is 2. The van der Waals surface area contributed by atoms with Gasteiger partial charge in [0.1, 0.15) is 0 Å². The third-order valence-corrected chi connectivity index (χ3v) is 3.98. The van der Waals surface area contributed by atoms with E-state index in [0.29, 0.717) is 6.42 Å². The number of alkyl halides is 4. The van der Waals surface area contributed by atoms with Crippen LogP contribution in [0.4, 0.5) is 17.6 Å². The molecule has 0 aliphatic rings. The Balaban J connectivity index is 4.48. The molecule has 0 amide bonds. The minimum absolute atomic E-state index is 0.0119. The molecular formula is C17H28F4O4. The summed E-state index contributed by atoms with van der Waals surface area (Å²) < 4.78 is 59.3. The first-order valence-electron chi connectivity index (χ1n) is 8.22. The highest BCUT2D eigenvalue weighted by molar-refractivity contribution is 5.77. The first-order valence-corrected chi connectivity index (χ1v) is 8.22. The molecule has 0 aliphatic heterocycles. The van der Waals surface area contributed by atoms with Crippen molar-refractivity contribution in [1.29, 1.82) is 0 Å². The Labute approximate surface area is 146 Å². The Bertz CT molecular complexity index is 446. The molecule has 4 nitrogen and oxygen atoms in total. The van der Waals surface area contributed by atoms with E-state index in [1.807, 2.05) is 20.8 Å². The van der Waals surface area contributed by atoms with Gasteiger partial charge in [-0.2, -0.15) is 8.78 Å². The zero-order valence-corrected chi connectivity index (χ0v) is 15.5. The second kappa shape index (κ2) is 9.38. The largest absolute Gasteiger partial charge is 0.466 e.